The molecule has 1 heterocycles. The minimum atomic E-state index is -0.0143. The van der Waals surface area contributed by atoms with Gasteiger partial charge < -0.3 is 9.84 Å². The summed E-state index contributed by atoms with van der Waals surface area (Å²) in [5.74, 6) is 0.699. The Morgan fingerprint density at radius 2 is 1.76 bits per heavy atom. The second kappa shape index (κ2) is 5.19. The molecule has 0 atom stereocenters. The Balaban J connectivity index is 1.98. The van der Waals surface area contributed by atoms with E-state index in [-0.39, 0.29) is 12.0 Å². The molecule has 1 fully saturated rings. The second-order valence-electron chi connectivity index (χ2n) is 5.74. The highest BCUT2D eigenvalue weighted by Crippen LogP contribution is 2.31. The van der Waals surface area contributed by atoms with Gasteiger partial charge >= 0.3 is 0 Å². The summed E-state index contributed by atoms with van der Waals surface area (Å²) in [5.41, 5.74) is 2.68. The van der Waals surface area contributed by atoms with Gasteiger partial charge in [-0.15, -0.1) is 0 Å². The number of aliphatic hydroxyl groups is 1. The van der Waals surface area contributed by atoms with Crippen molar-refractivity contribution in [2.45, 2.75) is 26.7 Å². The lowest BCUT2D eigenvalue weighted by Crippen LogP contribution is -2.47. The van der Waals surface area contributed by atoms with E-state index in [1.54, 1.807) is 0 Å². The van der Waals surface area contributed by atoms with Crippen molar-refractivity contribution in [1.29, 1.82) is 0 Å². The van der Waals surface area contributed by atoms with E-state index in [9.17, 15) is 5.11 Å². The van der Waals surface area contributed by atoms with Crippen molar-refractivity contribution >= 4 is 0 Å². The van der Waals surface area contributed by atoms with E-state index in [1.165, 1.54) is 11.1 Å². The van der Waals surface area contributed by atoms with Gasteiger partial charge in [0.15, 0.2) is 0 Å². The molecule has 0 unspecified atom stereocenters. The summed E-state index contributed by atoms with van der Waals surface area (Å²) in [6.45, 7) is 6.08. The highest BCUT2D eigenvalue weighted by atomic mass is 16.5. The topological polar surface area (TPSA) is 29.5 Å². The Bertz CT molecular complexity index is 344. The van der Waals surface area contributed by atoms with Crippen LogP contribution < -0.4 is 0 Å². The first-order valence-electron chi connectivity index (χ1n) is 6.40. The summed E-state index contributed by atoms with van der Waals surface area (Å²) < 4.78 is 5.22. The molecule has 0 spiro atoms. The van der Waals surface area contributed by atoms with Crippen LogP contribution in [0.2, 0.25) is 0 Å². The maximum absolute atomic E-state index is 9.39. The average molecular weight is 234 g/mol. The van der Waals surface area contributed by atoms with Crippen molar-refractivity contribution in [3.63, 3.8) is 0 Å². The van der Waals surface area contributed by atoms with Crippen molar-refractivity contribution in [3.8, 4) is 0 Å². The molecule has 1 saturated heterocycles. The Kier molecular flexibility index (Phi) is 3.85. The summed E-state index contributed by atoms with van der Waals surface area (Å²) in [5, 5.41) is 9.39. The zero-order chi connectivity index (χ0) is 12.3. The van der Waals surface area contributed by atoms with E-state index >= 15 is 0 Å². The highest BCUT2D eigenvalue weighted by Gasteiger charge is 2.37. The van der Waals surface area contributed by atoms with E-state index in [2.05, 4.69) is 38.1 Å². The number of hydrogen-bond donors (Lipinski definition) is 1. The lowest BCUT2D eigenvalue weighted by atomic mass is 9.80. The number of ether oxygens (including phenoxy) is 1. The van der Waals surface area contributed by atoms with Crippen molar-refractivity contribution in [3.05, 3.63) is 35.4 Å². The van der Waals surface area contributed by atoms with Crippen LogP contribution in [-0.2, 0) is 17.6 Å². The van der Waals surface area contributed by atoms with Crippen molar-refractivity contribution in [2.24, 2.45) is 11.3 Å². The molecule has 1 aliphatic heterocycles. The van der Waals surface area contributed by atoms with Gasteiger partial charge in [0.2, 0.25) is 0 Å². The molecule has 1 aliphatic rings. The third kappa shape index (κ3) is 3.08. The molecule has 0 amide bonds. The van der Waals surface area contributed by atoms with E-state index in [0.717, 1.165) is 12.8 Å². The number of aliphatic hydroxyl groups excluding tert-OH is 1. The van der Waals surface area contributed by atoms with Crippen LogP contribution in [0, 0.1) is 11.3 Å². The SMILES string of the molecule is CC(C)Cc1ccc(CC2(CO)COC2)cc1. The van der Waals surface area contributed by atoms with Gasteiger partial charge in [-0.2, -0.15) is 0 Å². The molecule has 1 aromatic rings. The fourth-order valence-corrected chi connectivity index (χ4v) is 2.34. The van der Waals surface area contributed by atoms with Crippen LogP contribution in [0.25, 0.3) is 0 Å². The van der Waals surface area contributed by atoms with Gasteiger partial charge in [-0.25, -0.2) is 0 Å². The maximum atomic E-state index is 9.39. The maximum Gasteiger partial charge on any atom is 0.0570 e. The van der Waals surface area contributed by atoms with E-state index in [1.807, 2.05) is 0 Å². The Morgan fingerprint density at radius 3 is 2.18 bits per heavy atom. The average Bonchev–Trinajstić information content (AvgIpc) is 2.25. The second-order valence-corrected chi connectivity index (χ2v) is 5.74. The molecule has 17 heavy (non-hydrogen) atoms. The van der Waals surface area contributed by atoms with Gasteiger partial charge in [0.05, 0.1) is 19.8 Å². The molecular weight excluding hydrogens is 212 g/mol. The van der Waals surface area contributed by atoms with Crippen LogP contribution in [0.4, 0.5) is 0 Å². The first kappa shape index (κ1) is 12.6. The molecule has 2 heteroatoms. The molecule has 2 nitrogen and oxygen atoms in total. The Labute approximate surface area is 104 Å². The van der Waals surface area contributed by atoms with Gasteiger partial charge in [-0.3, -0.25) is 0 Å². The largest absolute Gasteiger partial charge is 0.396 e. The van der Waals surface area contributed by atoms with Crippen LogP contribution in [-0.4, -0.2) is 24.9 Å². The van der Waals surface area contributed by atoms with Crippen LogP contribution >= 0.6 is 0 Å². The summed E-state index contributed by atoms with van der Waals surface area (Å²) >= 11 is 0. The summed E-state index contributed by atoms with van der Waals surface area (Å²) in [6.07, 6.45) is 2.06. The summed E-state index contributed by atoms with van der Waals surface area (Å²) in [6, 6.07) is 8.79. The van der Waals surface area contributed by atoms with Crippen LogP contribution in [0.3, 0.4) is 0 Å². The quantitative estimate of drug-likeness (QED) is 0.848. The standard InChI is InChI=1S/C15H22O2/c1-12(2)7-13-3-5-14(6-4-13)8-15(9-16)10-17-11-15/h3-6,12,16H,7-11H2,1-2H3. The van der Waals surface area contributed by atoms with Gasteiger partial charge in [0, 0.05) is 5.41 Å². The van der Waals surface area contributed by atoms with E-state index in [0.29, 0.717) is 19.1 Å². The van der Waals surface area contributed by atoms with Gasteiger partial charge in [-0.1, -0.05) is 38.1 Å². The Morgan fingerprint density at radius 1 is 1.18 bits per heavy atom. The smallest absolute Gasteiger partial charge is 0.0570 e. The van der Waals surface area contributed by atoms with Crippen LogP contribution in [0.5, 0.6) is 0 Å². The monoisotopic (exact) mass is 234 g/mol. The molecule has 0 aliphatic carbocycles. The van der Waals surface area contributed by atoms with Gasteiger partial charge in [-0.05, 0) is 29.9 Å². The van der Waals surface area contributed by atoms with Crippen molar-refractivity contribution in [2.75, 3.05) is 19.8 Å². The number of rotatable bonds is 5. The molecule has 2 rings (SSSR count). The normalized spacial score (nSPS) is 18.1. The molecule has 0 radical (unpaired) electrons. The van der Waals surface area contributed by atoms with E-state index < -0.39 is 0 Å². The lowest BCUT2D eigenvalue weighted by molar-refractivity contribution is -0.136. The minimum absolute atomic E-state index is 0.0143. The molecule has 1 aromatic carbocycles. The molecular formula is C15H22O2. The Hall–Kier alpha value is -0.860. The van der Waals surface area contributed by atoms with Crippen LogP contribution in [0.1, 0.15) is 25.0 Å². The minimum Gasteiger partial charge on any atom is -0.396 e. The predicted octanol–water partition coefficient (Wildman–Crippen LogP) is 2.44. The fraction of sp³-hybridized carbons (Fsp3) is 0.600. The van der Waals surface area contributed by atoms with Crippen LogP contribution in [0.15, 0.2) is 24.3 Å². The van der Waals surface area contributed by atoms with Gasteiger partial charge in [0.25, 0.3) is 0 Å². The molecule has 0 saturated carbocycles. The zero-order valence-electron chi connectivity index (χ0n) is 10.8. The number of hydrogen-bond acceptors (Lipinski definition) is 2. The molecule has 94 valence electrons. The fourth-order valence-electron chi connectivity index (χ4n) is 2.34. The van der Waals surface area contributed by atoms with E-state index in [4.69, 9.17) is 4.74 Å². The molecule has 0 aromatic heterocycles. The lowest BCUT2D eigenvalue weighted by Gasteiger charge is -2.40. The first-order chi connectivity index (χ1) is 8.13. The first-order valence-corrected chi connectivity index (χ1v) is 6.40. The number of benzene rings is 1. The summed E-state index contributed by atoms with van der Waals surface area (Å²) in [4.78, 5) is 0. The molecule has 1 N–H and O–H groups in total. The third-order valence-electron chi connectivity index (χ3n) is 3.40. The predicted molar refractivity (Wildman–Crippen MR) is 69.0 cm³/mol. The third-order valence-corrected chi connectivity index (χ3v) is 3.40. The zero-order valence-corrected chi connectivity index (χ0v) is 10.8. The summed E-state index contributed by atoms with van der Waals surface area (Å²) in [7, 11) is 0. The van der Waals surface area contributed by atoms with Crippen molar-refractivity contribution in [1.82, 2.24) is 0 Å². The van der Waals surface area contributed by atoms with Gasteiger partial charge in [0.1, 0.15) is 0 Å². The highest BCUT2D eigenvalue weighted by molar-refractivity contribution is 5.24. The van der Waals surface area contributed by atoms with Crippen molar-refractivity contribution < 1.29 is 9.84 Å². The molecule has 0 bridgehead atoms.